The van der Waals surface area contributed by atoms with Crippen molar-refractivity contribution >= 4 is 45.2 Å². The van der Waals surface area contributed by atoms with E-state index in [1.807, 2.05) is 6.92 Å². The maximum Gasteiger partial charge on any atom is 0.127 e. The van der Waals surface area contributed by atoms with E-state index in [0.717, 1.165) is 24.3 Å². The molecule has 98 valence electrons. The SMILES string of the molecule is CC(C)CCn1c(C(C)Cl)nc2cc(I)ccc21. The first kappa shape index (κ1) is 14.1. The highest BCUT2D eigenvalue weighted by atomic mass is 127. The Kier molecular flexibility index (Phi) is 4.54. The zero-order valence-electron chi connectivity index (χ0n) is 11.0. The Morgan fingerprint density at radius 3 is 2.67 bits per heavy atom. The third-order valence-electron chi connectivity index (χ3n) is 3.03. The number of alkyl halides is 1. The highest BCUT2D eigenvalue weighted by Gasteiger charge is 2.15. The molecule has 1 atom stereocenters. The van der Waals surface area contributed by atoms with Gasteiger partial charge in [-0.25, -0.2) is 4.98 Å². The maximum absolute atomic E-state index is 6.25. The third kappa shape index (κ3) is 2.99. The fourth-order valence-corrected chi connectivity index (χ4v) is 2.69. The summed E-state index contributed by atoms with van der Waals surface area (Å²) in [6, 6.07) is 6.39. The summed E-state index contributed by atoms with van der Waals surface area (Å²) in [5.74, 6) is 1.67. The average molecular weight is 377 g/mol. The lowest BCUT2D eigenvalue weighted by Crippen LogP contribution is -2.06. The van der Waals surface area contributed by atoms with E-state index in [1.165, 1.54) is 9.09 Å². The molecule has 0 fully saturated rings. The minimum Gasteiger partial charge on any atom is -0.327 e. The zero-order valence-corrected chi connectivity index (χ0v) is 13.9. The molecule has 1 unspecified atom stereocenters. The molecule has 0 saturated heterocycles. The summed E-state index contributed by atoms with van der Waals surface area (Å²) in [6.45, 7) is 7.46. The van der Waals surface area contributed by atoms with Gasteiger partial charge in [0.2, 0.25) is 0 Å². The number of hydrogen-bond donors (Lipinski definition) is 0. The van der Waals surface area contributed by atoms with Crippen LogP contribution >= 0.6 is 34.2 Å². The highest BCUT2D eigenvalue weighted by molar-refractivity contribution is 14.1. The van der Waals surface area contributed by atoms with Crippen LogP contribution in [-0.2, 0) is 6.54 Å². The maximum atomic E-state index is 6.25. The van der Waals surface area contributed by atoms with Crippen LogP contribution < -0.4 is 0 Å². The first-order valence-corrected chi connectivity index (χ1v) is 7.80. The van der Waals surface area contributed by atoms with E-state index in [0.29, 0.717) is 5.92 Å². The van der Waals surface area contributed by atoms with Gasteiger partial charge in [-0.3, -0.25) is 0 Å². The van der Waals surface area contributed by atoms with Crippen LogP contribution in [0.3, 0.4) is 0 Å². The summed E-state index contributed by atoms with van der Waals surface area (Å²) in [5.41, 5.74) is 2.24. The second-order valence-electron chi connectivity index (χ2n) is 5.05. The molecule has 0 N–H and O–H groups in total. The minimum atomic E-state index is -0.0535. The second kappa shape index (κ2) is 5.78. The quantitative estimate of drug-likeness (QED) is 0.543. The lowest BCUT2D eigenvalue weighted by Gasteiger charge is -2.12. The normalized spacial score (nSPS) is 13.4. The van der Waals surface area contributed by atoms with Gasteiger partial charge in [-0.2, -0.15) is 0 Å². The van der Waals surface area contributed by atoms with Crippen molar-refractivity contribution < 1.29 is 0 Å². The van der Waals surface area contributed by atoms with Gasteiger partial charge in [-0.15, -0.1) is 11.6 Å². The van der Waals surface area contributed by atoms with Crippen LogP contribution in [0.1, 0.15) is 38.4 Å². The number of fused-ring (bicyclic) bond motifs is 1. The number of aromatic nitrogens is 2. The summed E-state index contributed by atoms with van der Waals surface area (Å²) >= 11 is 8.57. The molecular formula is C14H18ClIN2. The average Bonchev–Trinajstić information content (AvgIpc) is 2.64. The number of rotatable bonds is 4. The molecule has 1 aromatic heterocycles. The summed E-state index contributed by atoms with van der Waals surface area (Å²) < 4.78 is 3.48. The van der Waals surface area contributed by atoms with Gasteiger partial charge in [-0.1, -0.05) is 13.8 Å². The van der Waals surface area contributed by atoms with Gasteiger partial charge < -0.3 is 4.57 Å². The standard InChI is InChI=1S/C14H18ClIN2/c1-9(2)6-7-18-13-5-4-11(16)8-12(13)17-14(18)10(3)15/h4-5,8-10H,6-7H2,1-3H3. The molecule has 2 nitrogen and oxygen atoms in total. The smallest absolute Gasteiger partial charge is 0.127 e. The predicted octanol–water partition coefficient (Wildman–Crippen LogP) is 4.99. The molecule has 0 aliphatic carbocycles. The van der Waals surface area contributed by atoms with Crippen LogP contribution in [0.4, 0.5) is 0 Å². The van der Waals surface area contributed by atoms with Gasteiger partial charge in [-0.05, 0) is 60.1 Å². The predicted molar refractivity (Wildman–Crippen MR) is 86.2 cm³/mol. The van der Waals surface area contributed by atoms with E-state index in [-0.39, 0.29) is 5.38 Å². The van der Waals surface area contributed by atoms with Crippen molar-refractivity contribution in [3.05, 3.63) is 27.6 Å². The van der Waals surface area contributed by atoms with E-state index in [2.05, 4.69) is 64.2 Å². The highest BCUT2D eigenvalue weighted by Crippen LogP contribution is 2.26. The van der Waals surface area contributed by atoms with E-state index in [1.54, 1.807) is 0 Å². The van der Waals surface area contributed by atoms with Gasteiger partial charge in [0.1, 0.15) is 5.82 Å². The second-order valence-corrected chi connectivity index (χ2v) is 6.95. The number of nitrogens with zero attached hydrogens (tertiary/aromatic N) is 2. The van der Waals surface area contributed by atoms with Crippen molar-refractivity contribution in [1.29, 1.82) is 0 Å². The van der Waals surface area contributed by atoms with Crippen molar-refractivity contribution in [1.82, 2.24) is 9.55 Å². The van der Waals surface area contributed by atoms with E-state index in [9.17, 15) is 0 Å². The van der Waals surface area contributed by atoms with Gasteiger partial charge in [0.05, 0.1) is 16.4 Å². The molecule has 4 heteroatoms. The molecule has 0 radical (unpaired) electrons. The molecule has 1 aromatic carbocycles. The van der Waals surface area contributed by atoms with Crippen LogP contribution in [-0.4, -0.2) is 9.55 Å². The molecule has 0 aliphatic rings. The molecule has 0 aliphatic heterocycles. The van der Waals surface area contributed by atoms with Crippen molar-refractivity contribution in [3.63, 3.8) is 0 Å². The lowest BCUT2D eigenvalue weighted by atomic mass is 10.1. The first-order valence-electron chi connectivity index (χ1n) is 6.28. The Balaban J connectivity index is 2.48. The van der Waals surface area contributed by atoms with Gasteiger partial charge >= 0.3 is 0 Å². The Hall–Kier alpha value is -0.290. The van der Waals surface area contributed by atoms with Crippen molar-refractivity contribution in [2.75, 3.05) is 0 Å². The largest absolute Gasteiger partial charge is 0.327 e. The fraction of sp³-hybridized carbons (Fsp3) is 0.500. The molecular weight excluding hydrogens is 359 g/mol. The zero-order chi connectivity index (χ0) is 13.3. The fourth-order valence-electron chi connectivity index (χ4n) is 2.05. The Labute approximate surface area is 127 Å². The Bertz CT molecular complexity index is 546. The van der Waals surface area contributed by atoms with E-state index in [4.69, 9.17) is 11.6 Å². The van der Waals surface area contributed by atoms with Crippen LogP contribution in [0.2, 0.25) is 0 Å². The molecule has 0 saturated carbocycles. The van der Waals surface area contributed by atoms with Crippen LogP contribution in [0, 0.1) is 9.49 Å². The van der Waals surface area contributed by atoms with Gasteiger partial charge in [0, 0.05) is 10.1 Å². The number of aryl methyl sites for hydroxylation is 1. The lowest BCUT2D eigenvalue weighted by molar-refractivity contribution is 0.512. The monoisotopic (exact) mass is 376 g/mol. The molecule has 2 aromatic rings. The molecule has 1 heterocycles. The van der Waals surface area contributed by atoms with Crippen LogP contribution in [0.5, 0.6) is 0 Å². The van der Waals surface area contributed by atoms with Crippen molar-refractivity contribution in [2.24, 2.45) is 5.92 Å². The van der Waals surface area contributed by atoms with E-state index >= 15 is 0 Å². The molecule has 2 rings (SSSR count). The molecule has 18 heavy (non-hydrogen) atoms. The number of imidazole rings is 1. The van der Waals surface area contributed by atoms with Crippen molar-refractivity contribution in [2.45, 2.75) is 39.1 Å². The number of halogens is 2. The topological polar surface area (TPSA) is 17.8 Å². The van der Waals surface area contributed by atoms with E-state index < -0.39 is 0 Å². The van der Waals surface area contributed by atoms with Crippen LogP contribution in [0.25, 0.3) is 11.0 Å². The van der Waals surface area contributed by atoms with Crippen LogP contribution in [0.15, 0.2) is 18.2 Å². The van der Waals surface area contributed by atoms with Gasteiger partial charge in [0.25, 0.3) is 0 Å². The molecule has 0 spiro atoms. The molecule has 0 bridgehead atoms. The number of hydrogen-bond acceptors (Lipinski definition) is 1. The van der Waals surface area contributed by atoms with Crippen molar-refractivity contribution in [3.8, 4) is 0 Å². The summed E-state index contributed by atoms with van der Waals surface area (Å²) in [7, 11) is 0. The summed E-state index contributed by atoms with van der Waals surface area (Å²) in [5, 5.41) is -0.0535. The summed E-state index contributed by atoms with van der Waals surface area (Å²) in [4.78, 5) is 4.68. The molecule has 0 amide bonds. The van der Waals surface area contributed by atoms with Gasteiger partial charge in [0.15, 0.2) is 0 Å². The Morgan fingerprint density at radius 2 is 2.06 bits per heavy atom. The third-order valence-corrected chi connectivity index (χ3v) is 3.89. The Morgan fingerprint density at radius 1 is 1.33 bits per heavy atom. The first-order chi connectivity index (χ1) is 8.49. The summed E-state index contributed by atoms with van der Waals surface area (Å²) in [6.07, 6.45) is 1.15. The number of benzene rings is 1. The minimum absolute atomic E-state index is 0.0535.